The first kappa shape index (κ1) is 12.6. The van der Waals surface area contributed by atoms with E-state index in [-0.39, 0.29) is 0 Å². The summed E-state index contributed by atoms with van der Waals surface area (Å²) in [5.74, 6) is 0. The highest BCUT2D eigenvalue weighted by Crippen LogP contribution is 2.22. The average molecular weight is 259 g/mol. The number of aryl methyl sites for hydroxylation is 2. The quantitative estimate of drug-likeness (QED) is 0.560. The summed E-state index contributed by atoms with van der Waals surface area (Å²) < 4.78 is 0. The van der Waals surface area contributed by atoms with Crippen molar-refractivity contribution in [2.45, 2.75) is 13.8 Å². The minimum atomic E-state index is 0.988. The van der Waals surface area contributed by atoms with Crippen molar-refractivity contribution in [2.24, 2.45) is 4.99 Å². The van der Waals surface area contributed by atoms with Crippen LogP contribution in [0.25, 0.3) is 10.8 Å². The molecule has 0 unspecified atom stereocenters. The minimum Gasteiger partial charge on any atom is -0.256 e. The third-order valence-corrected chi connectivity index (χ3v) is 3.42. The smallest absolute Gasteiger partial charge is 0.0636 e. The Morgan fingerprint density at radius 2 is 1.35 bits per heavy atom. The molecule has 0 aliphatic heterocycles. The molecule has 0 fully saturated rings. The standard InChI is InChI=1S/C19H17N/c1-14-3-6-16(7-4-14)13-20-19-10-9-17-11-15(2)5-8-18(17)12-19/h3-13H,1-2H3. The monoisotopic (exact) mass is 259 g/mol. The molecule has 1 nitrogen and oxygen atoms in total. The molecule has 0 N–H and O–H groups in total. The van der Waals surface area contributed by atoms with Crippen molar-refractivity contribution < 1.29 is 0 Å². The normalized spacial score (nSPS) is 11.3. The molecule has 0 atom stereocenters. The van der Waals surface area contributed by atoms with E-state index in [1.165, 1.54) is 21.9 Å². The van der Waals surface area contributed by atoms with E-state index in [9.17, 15) is 0 Å². The Balaban J connectivity index is 1.90. The number of hydrogen-bond donors (Lipinski definition) is 0. The molecule has 1 heteroatoms. The summed E-state index contributed by atoms with van der Waals surface area (Å²) in [6.07, 6.45) is 1.91. The van der Waals surface area contributed by atoms with Crippen LogP contribution in [0.3, 0.4) is 0 Å². The fourth-order valence-corrected chi connectivity index (χ4v) is 2.23. The van der Waals surface area contributed by atoms with Gasteiger partial charge < -0.3 is 0 Å². The minimum absolute atomic E-state index is 0.988. The first-order valence-electron chi connectivity index (χ1n) is 6.82. The lowest BCUT2D eigenvalue weighted by molar-refractivity contribution is 1.46. The molecule has 0 spiro atoms. The van der Waals surface area contributed by atoms with Crippen molar-refractivity contribution in [2.75, 3.05) is 0 Å². The Labute approximate surface area is 119 Å². The predicted octanol–water partition coefficient (Wildman–Crippen LogP) is 5.21. The molecule has 0 aliphatic carbocycles. The molecule has 20 heavy (non-hydrogen) atoms. The topological polar surface area (TPSA) is 12.4 Å². The molecule has 0 amide bonds. The first-order valence-corrected chi connectivity index (χ1v) is 6.82. The zero-order valence-electron chi connectivity index (χ0n) is 11.8. The summed E-state index contributed by atoms with van der Waals surface area (Å²) in [5, 5.41) is 2.49. The van der Waals surface area contributed by atoms with E-state index in [0.717, 1.165) is 11.3 Å². The number of nitrogens with zero attached hydrogens (tertiary/aromatic N) is 1. The summed E-state index contributed by atoms with van der Waals surface area (Å²) in [5.41, 5.74) is 4.66. The van der Waals surface area contributed by atoms with E-state index in [0.29, 0.717) is 0 Å². The van der Waals surface area contributed by atoms with E-state index in [1.807, 2.05) is 6.21 Å². The second-order valence-electron chi connectivity index (χ2n) is 5.20. The van der Waals surface area contributed by atoms with Crippen molar-refractivity contribution in [1.29, 1.82) is 0 Å². The van der Waals surface area contributed by atoms with E-state index in [4.69, 9.17) is 0 Å². The summed E-state index contributed by atoms with van der Waals surface area (Å²) >= 11 is 0. The molecule has 0 aromatic heterocycles. The molecular weight excluding hydrogens is 242 g/mol. The van der Waals surface area contributed by atoms with Gasteiger partial charge in [-0.3, -0.25) is 4.99 Å². The van der Waals surface area contributed by atoms with Crippen molar-refractivity contribution in [3.63, 3.8) is 0 Å². The van der Waals surface area contributed by atoms with Crippen LogP contribution < -0.4 is 0 Å². The second-order valence-corrected chi connectivity index (χ2v) is 5.20. The fourth-order valence-electron chi connectivity index (χ4n) is 2.23. The van der Waals surface area contributed by atoms with Crippen LogP contribution >= 0.6 is 0 Å². The maximum absolute atomic E-state index is 4.55. The average Bonchev–Trinajstić information content (AvgIpc) is 2.46. The molecule has 0 radical (unpaired) electrons. The van der Waals surface area contributed by atoms with Gasteiger partial charge in [-0.2, -0.15) is 0 Å². The van der Waals surface area contributed by atoms with E-state index in [2.05, 4.69) is 79.5 Å². The van der Waals surface area contributed by atoms with Crippen LogP contribution in [-0.2, 0) is 0 Å². The van der Waals surface area contributed by atoms with Crippen LogP contribution in [0.2, 0.25) is 0 Å². The van der Waals surface area contributed by atoms with Gasteiger partial charge in [-0.05, 0) is 42.3 Å². The second kappa shape index (κ2) is 5.30. The highest BCUT2D eigenvalue weighted by atomic mass is 14.7. The van der Waals surface area contributed by atoms with Crippen LogP contribution in [0, 0.1) is 13.8 Å². The van der Waals surface area contributed by atoms with Crippen molar-refractivity contribution >= 4 is 22.7 Å². The Bertz CT molecular complexity index is 767. The van der Waals surface area contributed by atoms with Crippen LogP contribution in [0.1, 0.15) is 16.7 Å². The number of hydrogen-bond acceptors (Lipinski definition) is 1. The van der Waals surface area contributed by atoms with E-state index < -0.39 is 0 Å². The lowest BCUT2D eigenvalue weighted by Gasteiger charge is -2.01. The maximum atomic E-state index is 4.55. The zero-order valence-corrected chi connectivity index (χ0v) is 11.8. The number of fused-ring (bicyclic) bond motifs is 1. The molecular formula is C19H17N. The van der Waals surface area contributed by atoms with Crippen molar-refractivity contribution in [3.8, 4) is 0 Å². The highest BCUT2D eigenvalue weighted by Gasteiger charge is 1.96. The van der Waals surface area contributed by atoms with Gasteiger partial charge in [0.25, 0.3) is 0 Å². The van der Waals surface area contributed by atoms with Crippen molar-refractivity contribution in [1.82, 2.24) is 0 Å². The molecule has 3 aromatic carbocycles. The van der Waals surface area contributed by atoms with Gasteiger partial charge in [0.15, 0.2) is 0 Å². The maximum Gasteiger partial charge on any atom is 0.0636 e. The van der Waals surface area contributed by atoms with Gasteiger partial charge in [-0.1, -0.05) is 59.7 Å². The highest BCUT2D eigenvalue weighted by molar-refractivity contribution is 5.88. The Morgan fingerprint density at radius 3 is 2.15 bits per heavy atom. The largest absolute Gasteiger partial charge is 0.256 e. The third kappa shape index (κ3) is 2.77. The van der Waals surface area contributed by atoms with Gasteiger partial charge in [-0.25, -0.2) is 0 Å². The Morgan fingerprint density at radius 1 is 0.700 bits per heavy atom. The van der Waals surface area contributed by atoms with Gasteiger partial charge >= 0.3 is 0 Å². The Kier molecular flexibility index (Phi) is 3.34. The molecule has 0 heterocycles. The van der Waals surface area contributed by atoms with Gasteiger partial charge in [0.1, 0.15) is 0 Å². The molecule has 98 valence electrons. The van der Waals surface area contributed by atoms with Crippen LogP contribution in [0.5, 0.6) is 0 Å². The number of benzene rings is 3. The Hall–Kier alpha value is -2.41. The van der Waals surface area contributed by atoms with Crippen molar-refractivity contribution in [3.05, 3.63) is 77.4 Å². The molecule has 0 saturated carbocycles. The zero-order chi connectivity index (χ0) is 13.9. The SMILES string of the molecule is Cc1ccc(C=Nc2ccc3cc(C)ccc3c2)cc1. The summed E-state index contributed by atoms with van der Waals surface area (Å²) in [6.45, 7) is 4.20. The first-order chi connectivity index (χ1) is 9.70. The lowest BCUT2D eigenvalue weighted by atomic mass is 10.1. The molecule has 0 aliphatic rings. The van der Waals surface area contributed by atoms with Gasteiger partial charge in [0.05, 0.1) is 5.69 Å². The summed E-state index contributed by atoms with van der Waals surface area (Å²) in [7, 11) is 0. The van der Waals surface area contributed by atoms with Gasteiger partial charge in [-0.15, -0.1) is 0 Å². The third-order valence-electron chi connectivity index (χ3n) is 3.42. The molecule has 0 bridgehead atoms. The molecule has 3 aromatic rings. The van der Waals surface area contributed by atoms with Crippen LogP contribution in [0.4, 0.5) is 5.69 Å². The summed E-state index contributed by atoms with van der Waals surface area (Å²) in [6, 6.07) is 21.2. The van der Waals surface area contributed by atoms with Gasteiger partial charge in [0, 0.05) is 6.21 Å². The lowest BCUT2D eigenvalue weighted by Crippen LogP contribution is -1.81. The van der Waals surface area contributed by atoms with Crippen LogP contribution in [-0.4, -0.2) is 6.21 Å². The van der Waals surface area contributed by atoms with E-state index >= 15 is 0 Å². The predicted molar refractivity (Wildman–Crippen MR) is 87.1 cm³/mol. The fraction of sp³-hybridized carbons (Fsp3) is 0.105. The van der Waals surface area contributed by atoms with E-state index in [1.54, 1.807) is 0 Å². The number of aliphatic imine (C=N–C) groups is 1. The van der Waals surface area contributed by atoms with Crippen LogP contribution in [0.15, 0.2) is 65.7 Å². The molecule has 3 rings (SSSR count). The summed E-state index contributed by atoms with van der Waals surface area (Å²) in [4.78, 5) is 4.55. The van der Waals surface area contributed by atoms with Gasteiger partial charge in [0.2, 0.25) is 0 Å². The molecule has 0 saturated heterocycles. The number of rotatable bonds is 2.